The predicted octanol–water partition coefficient (Wildman–Crippen LogP) is 28.6. The molecule has 0 amide bonds. The van der Waals surface area contributed by atoms with E-state index in [0.717, 1.165) is 137 Å². The summed E-state index contributed by atoms with van der Waals surface area (Å²) in [7, 11) is -7.65. The molecule has 7 heterocycles. The maximum atomic E-state index is 12.5. The van der Waals surface area contributed by atoms with Gasteiger partial charge in [0, 0.05) is 90.1 Å². The van der Waals surface area contributed by atoms with Crippen LogP contribution in [0.3, 0.4) is 0 Å². The summed E-state index contributed by atoms with van der Waals surface area (Å²) in [4.78, 5) is 4.69. The number of hydrogen-bond donors (Lipinski definition) is 1. The number of phenols is 1. The van der Waals surface area contributed by atoms with Crippen molar-refractivity contribution in [1.82, 2.24) is 0 Å². The van der Waals surface area contributed by atoms with E-state index in [1.54, 1.807) is 0 Å². The van der Waals surface area contributed by atoms with Crippen LogP contribution in [-0.4, -0.2) is 41.3 Å². The number of furan rings is 1. The number of para-hydroxylation sites is 4. The average molecular weight is 1820 g/mol. The number of benzene rings is 16. The van der Waals surface area contributed by atoms with Crippen LogP contribution in [0.15, 0.2) is 336 Å². The Morgan fingerprint density at radius 2 is 0.527 bits per heavy atom. The SMILES string of the molecule is Cc1cccc(-c2cccc(C)c2O)c1.Cc1cccc2c1OS(=O)c1c(C)cccc1-2.Cc1cccc2c1S(=O)(=O)c1c(C)cccc1-2.Cc1cccc2c1S(=O)(=O)c1c(C)cccc1-2.Cc1cccc2c1S(=O)c1c(C)cccc1-2.Cc1cccc2c1oc1c(C)cccc12.Cc1cccc2c1sc1c(C)cccc12.Cc1cccc2c1sc1c(C)cccc12.O.O. The first-order valence-electron chi connectivity index (χ1n) is 42.2. The Morgan fingerprint density at radius 1 is 0.264 bits per heavy atom. The van der Waals surface area contributed by atoms with Crippen LogP contribution < -0.4 is 4.18 Å². The van der Waals surface area contributed by atoms with Crippen LogP contribution in [0, 0.1) is 111 Å². The highest BCUT2D eigenvalue weighted by molar-refractivity contribution is 7.92. The van der Waals surface area contributed by atoms with Gasteiger partial charge in [-0.05, 0) is 211 Å². The van der Waals surface area contributed by atoms with E-state index in [0.29, 0.717) is 25.3 Å². The average Bonchev–Trinajstić information content (AvgIpc) is 1.50. The molecule has 23 rings (SSSR count). The molecule has 0 bridgehead atoms. The van der Waals surface area contributed by atoms with E-state index in [1.165, 1.54) is 90.1 Å². The number of rotatable bonds is 1. The van der Waals surface area contributed by atoms with E-state index >= 15 is 0 Å². The van der Waals surface area contributed by atoms with Crippen molar-refractivity contribution >= 4 is 127 Å². The van der Waals surface area contributed by atoms with E-state index in [-0.39, 0.29) is 11.0 Å². The first-order chi connectivity index (χ1) is 60.9. The number of fused-ring (bicyclic) bond motifs is 21. The van der Waals surface area contributed by atoms with E-state index in [2.05, 4.69) is 182 Å². The summed E-state index contributed by atoms with van der Waals surface area (Å²) < 4.78 is 91.8. The van der Waals surface area contributed by atoms with Crippen LogP contribution in [-0.2, 0) is 41.6 Å². The van der Waals surface area contributed by atoms with Gasteiger partial charge in [0.1, 0.15) is 16.9 Å². The molecule has 4 aliphatic rings. The minimum atomic E-state index is -3.33. The van der Waals surface area contributed by atoms with Gasteiger partial charge in [-0.3, -0.25) is 0 Å². The van der Waals surface area contributed by atoms with Crippen molar-refractivity contribution in [1.29, 1.82) is 0 Å². The molecule has 1 unspecified atom stereocenters. The van der Waals surface area contributed by atoms with Crippen LogP contribution in [0.1, 0.15) is 89.0 Å². The summed E-state index contributed by atoms with van der Waals surface area (Å²) in [6.07, 6.45) is 0. The third-order valence-corrected chi connectivity index (χ3v) is 34.3. The van der Waals surface area contributed by atoms with Crippen LogP contribution in [0.2, 0.25) is 0 Å². The number of phenolic OH excluding ortho intramolecular Hbond substituents is 1. The molecule has 0 aliphatic carbocycles. The summed E-state index contributed by atoms with van der Waals surface area (Å²) in [5.41, 5.74) is 29.2. The molecule has 16 aromatic carbocycles. The second kappa shape index (κ2) is 38.0. The zero-order valence-corrected chi connectivity index (χ0v) is 79.9. The van der Waals surface area contributed by atoms with Crippen LogP contribution >= 0.6 is 22.7 Å². The molecular weight excluding hydrogens is 1710 g/mol. The van der Waals surface area contributed by atoms with E-state index in [1.807, 2.05) is 249 Å². The lowest BCUT2D eigenvalue weighted by molar-refractivity contribution is 0.473. The minimum absolute atomic E-state index is 0. The first kappa shape index (κ1) is 92.7. The molecule has 11 nitrogen and oxygen atoms in total. The topological polar surface area (TPSA) is 208 Å². The molecule has 0 fully saturated rings. The highest BCUT2D eigenvalue weighted by Crippen LogP contribution is 2.50. The molecule has 652 valence electrons. The summed E-state index contributed by atoms with van der Waals surface area (Å²) in [6.45, 7) is 32.2. The smallest absolute Gasteiger partial charge is 0.241 e. The Balaban J connectivity index is 0.000000119. The molecule has 0 spiro atoms. The summed E-state index contributed by atoms with van der Waals surface area (Å²) in [5, 5.41) is 18.0. The second-order valence-electron chi connectivity index (χ2n) is 33.1. The fraction of sp³-hybridized carbons (Fsp3) is 0.143. The molecule has 17 heteroatoms. The monoisotopic (exact) mass is 1810 g/mol. The summed E-state index contributed by atoms with van der Waals surface area (Å²) in [5.74, 6) is 1.12. The maximum Gasteiger partial charge on any atom is 0.241 e. The van der Waals surface area contributed by atoms with Gasteiger partial charge in [0.15, 0.2) is 5.75 Å². The normalized spacial score (nSPS) is 13.1. The van der Waals surface area contributed by atoms with Crippen molar-refractivity contribution in [3.63, 3.8) is 0 Å². The van der Waals surface area contributed by atoms with E-state index in [9.17, 15) is 30.4 Å². The Bertz CT molecular complexity index is 7180. The van der Waals surface area contributed by atoms with Crippen molar-refractivity contribution in [3.05, 3.63) is 386 Å². The van der Waals surface area contributed by atoms with Crippen LogP contribution in [0.4, 0.5) is 0 Å². The lowest BCUT2D eigenvalue weighted by atomic mass is 10.00. The second-order valence-corrected chi connectivity index (χ2v) is 41.1. The molecule has 3 aromatic heterocycles. The van der Waals surface area contributed by atoms with Crippen molar-refractivity contribution < 1.29 is 49.9 Å². The fourth-order valence-electron chi connectivity index (χ4n) is 17.6. The van der Waals surface area contributed by atoms with Gasteiger partial charge in [-0.2, -0.15) is 0 Å². The highest BCUT2D eigenvalue weighted by atomic mass is 32.2. The third kappa shape index (κ3) is 17.5. The standard InChI is InChI=1S/3C14H12O2S.C14H12OS.C14H12O.C14H14O.2C14H12S.2H2O/c2*1-9-5-3-7-11-12-8-4-6-10(2)14(12)17(15,16)13(9)11;1-9-5-3-7-11-12-8-4-6-10(2)14(12)17(15)16-13(9)11;1-9-5-3-7-11-12-8-4-6-10(2)14(12)16(15)13(9)11;1-9-5-3-7-11-12-8-4-6-10(2)14(12)15-13(9)11;1-10-5-3-7-12(9-10)13-8-4-6-11(2)14(13)15;2*1-9-5-3-7-11-12-8-4-6-10(2)14(12)15-13(9)11;;/h3*3-8H,1-2H3;3-8H,1-2H3;3-8H,1-2H3;3-9,15H,1-2H3;2*3-8H,1-2H3;2*1H2. The number of thiophene rings is 2. The van der Waals surface area contributed by atoms with Crippen molar-refractivity contribution in [2.75, 3.05) is 0 Å². The molecule has 5 N–H and O–H groups in total. The van der Waals surface area contributed by atoms with Crippen LogP contribution in [0.5, 0.6) is 11.5 Å². The lowest BCUT2D eigenvalue weighted by Gasteiger charge is -2.21. The zero-order valence-electron chi connectivity index (χ0n) is 75.0. The molecule has 19 aromatic rings. The summed E-state index contributed by atoms with van der Waals surface area (Å²) >= 11 is 2.43. The van der Waals surface area contributed by atoms with Gasteiger partial charge in [-0.25, -0.2) is 25.3 Å². The first-order valence-corrected chi connectivity index (χ1v) is 49.1. The van der Waals surface area contributed by atoms with Gasteiger partial charge < -0.3 is 24.7 Å². The van der Waals surface area contributed by atoms with E-state index < -0.39 is 41.6 Å². The predicted molar refractivity (Wildman–Crippen MR) is 539 cm³/mol. The van der Waals surface area contributed by atoms with Crippen molar-refractivity contribution in [2.24, 2.45) is 0 Å². The quantitative estimate of drug-likeness (QED) is 0.166. The number of hydrogen-bond acceptors (Lipinski definition) is 11. The van der Waals surface area contributed by atoms with Crippen molar-refractivity contribution in [2.45, 2.75) is 145 Å². The van der Waals surface area contributed by atoms with Gasteiger partial charge in [-0.15, -0.1) is 22.7 Å². The fourth-order valence-corrected chi connectivity index (χ4v) is 27.1. The van der Waals surface area contributed by atoms with Gasteiger partial charge >= 0.3 is 0 Å². The van der Waals surface area contributed by atoms with Crippen molar-refractivity contribution in [3.8, 4) is 67.1 Å². The number of sulfone groups is 2. The molecule has 0 radical (unpaired) electrons. The van der Waals surface area contributed by atoms with Crippen LogP contribution in [0.25, 0.3) is 118 Å². The number of aryl methyl sites for hydroxylation is 16. The molecular formula is C112H102O11S6. The number of aromatic hydroxyl groups is 1. The van der Waals surface area contributed by atoms with Gasteiger partial charge in [0.05, 0.1) is 45.1 Å². The molecule has 0 saturated carbocycles. The minimum Gasteiger partial charge on any atom is -0.507 e. The zero-order chi connectivity index (χ0) is 89.8. The van der Waals surface area contributed by atoms with Gasteiger partial charge in [0.25, 0.3) is 0 Å². The maximum absolute atomic E-state index is 12.5. The molecule has 129 heavy (non-hydrogen) atoms. The van der Waals surface area contributed by atoms with E-state index in [4.69, 9.17) is 8.60 Å². The highest BCUT2D eigenvalue weighted by Gasteiger charge is 2.37. The molecule has 4 aliphatic heterocycles. The summed E-state index contributed by atoms with van der Waals surface area (Å²) in [6, 6.07) is 99.4. The Kier molecular flexibility index (Phi) is 27.3. The molecule has 1 atom stereocenters. The Labute approximate surface area is 768 Å². The van der Waals surface area contributed by atoms with Gasteiger partial charge in [0.2, 0.25) is 30.8 Å². The lowest BCUT2D eigenvalue weighted by Crippen LogP contribution is -2.11. The Morgan fingerprint density at radius 3 is 0.884 bits per heavy atom. The van der Waals surface area contributed by atoms with Gasteiger partial charge in [-0.1, -0.05) is 303 Å². The third-order valence-electron chi connectivity index (χ3n) is 23.9. The molecule has 0 saturated heterocycles. The Hall–Kier alpha value is -12.5. The largest absolute Gasteiger partial charge is 0.507 e.